The maximum absolute atomic E-state index is 9.73. The van der Waals surface area contributed by atoms with Gasteiger partial charge in [0.05, 0.1) is 12.1 Å². The highest BCUT2D eigenvalue weighted by atomic mass is 79.9. The molecule has 82 valence electrons. The average Bonchev–Trinajstić information content (AvgIpc) is 2.58. The number of anilines is 1. The molecule has 1 aromatic carbocycles. The summed E-state index contributed by atoms with van der Waals surface area (Å²) in [6.45, 7) is 2.07. The van der Waals surface area contributed by atoms with Crippen LogP contribution in [0.4, 0.5) is 5.69 Å². The lowest BCUT2D eigenvalue weighted by Gasteiger charge is -2.19. The smallest absolute Gasteiger partial charge is 0.0741 e. The molecule has 1 fully saturated rings. The first-order valence-electron chi connectivity index (χ1n) is 5.37. The average molecular weight is 270 g/mol. The summed E-state index contributed by atoms with van der Waals surface area (Å²) in [7, 11) is 0. The van der Waals surface area contributed by atoms with Gasteiger partial charge in [-0.25, -0.2) is 0 Å². The number of hydrogen-bond acceptors (Lipinski definition) is 2. The predicted molar refractivity (Wildman–Crippen MR) is 66.1 cm³/mol. The van der Waals surface area contributed by atoms with E-state index < -0.39 is 0 Å². The van der Waals surface area contributed by atoms with E-state index in [-0.39, 0.29) is 12.1 Å². The molecule has 2 N–H and O–H groups in total. The molecule has 0 bridgehead atoms. The minimum absolute atomic E-state index is 0.197. The van der Waals surface area contributed by atoms with Crippen LogP contribution >= 0.6 is 15.9 Å². The minimum Gasteiger partial charge on any atom is -0.391 e. The van der Waals surface area contributed by atoms with Crippen LogP contribution in [0.25, 0.3) is 0 Å². The molecular formula is C12H16BrNO. The van der Waals surface area contributed by atoms with Gasteiger partial charge in [-0.2, -0.15) is 0 Å². The molecule has 0 aliphatic heterocycles. The normalized spacial score (nSPS) is 25.5. The zero-order chi connectivity index (χ0) is 10.8. The highest BCUT2D eigenvalue weighted by Gasteiger charge is 2.25. The molecule has 0 aromatic heterocycles. The van der Waals surface area contributed by atoms with E-state index in [1.54, 1.807) is 0 Å². The summed E-state index contributed by atoms with van der Waals surface area (Å²) in [6, 6.07) is 6.43. The van der Waals surface area contributed by atoms with Crippen LogP contribution in [0.2, 0.25) is 0 Å². The second-order valence-corrected chi connectivity index (χ2v) is 5.09. The van der Waals surface area contributed by atoms with E-state index in [4.69, 9.17) is 0 Å². The second kappa shape index (κ2) is 4.54. The van der Waals surface area contributed by atoms with Gasteiger partial charge in [-0.15, -0.1) is 0 Å². The van der Waals surface area contributed by atoms with Crippen molar-refractivity contribution in [1.82, 2.24) is 0 Å². The zero-order valence-electron chi connectivity index (χ0n) is 8.83. The van der Waals surface area contributed by atoms with Crippen molar-refractivity contribution < 1.29 is 5.11 Å². The molecule has 0 amide bonds. The quantitative estimate of drug-likeness (QED) is 0.865. The predicted octanol–water partition coefficient (Wildman–Crippen LogP) is 3.08. The Hall–Kier alpha value is -0.540. The molecule has 2 atom stereocenters. The summed E-state index contributed by atoms with van der Waals surface area (Å²) >= 11 is 3.51. The minimum atomic E-state index is -0.197. The Morgan fingerprint density at radius 2 is 2.20 bits per heavy atom. The van der Waals surface area contributed by atoms with E-state index in [0.717, 1.165) is 29.4 Å². The van der Waals surface area contributed by atoms with Crippen molar-refractivity contribution in [1.29, 1.82) is 0 Å². The van der Waals surface area contributed by atoms with Gasteiger partial charge in [0, 0.05) is 10.2 Å². The van der Waals surface area contributed by atoms with Crippen LogP contribution in [-0.2, 0) is 0 Å². The fraction of sp³-hybridized carbons (Fsp3) is 0.500. The summed E-state index contributed by atoms with van der Waals surface area (Å²) in [4.78, 5) is 0. The number of aliphatic hydroxyl groups excluding tert-OH is 1. The first-order valence-corrected chi connectivity index (χ1v) is 6.17. The summed E-state index contributed by atoms with van der Waals surface area (Å²) in [6.07, 6.45) is 2.89. The number of rotatable bonds is 2. The standard InChI is InChI=1S/C12H16BrNO/c1-8-5-6-9(13)11(7-8)14-10-3-2-4-12(10)15/h5-7,10,12,14-15H,2-4H2,1H3/t10-,12-/m0/s1. The largest absolute Gasteiger partial charge is 0.391 e. The van der Waals surface area contributed by atoms with Crippen molar-refractivity contribution in [3.05, 3.63) is 28.2 Å². The van der Waals surface area contributed by atoms with Crippen molar-refractivity contribution in [3.8, 4) is 0 Å². The number of nitrogens with one attached hydrogen (secondary N) is 1. The Morgan fingerprint density at radius 3 is 2.87 bits per heavy atom. The van der Waals surface area contributed by atoms with Crippen LogP contribution in [0.1, 0.15) is 24.8 Å². The summed E-state index contributed by atoms with van der Waals surface area (Å²) in [5.41, 5.74) is 2.31. The van der Waals surface area contributed by atoms with Crippen molar-refractivity contribution in [2.24, 2.45) is 0 Å². The van der Waals surface area contributed by atoms with Crippen LogP contribution in [0.3, 0.4) is 0 Å². The molecule has 2 nitrogen and oxygen atoms in total. The van der Waals surface area contributed by atoms with Crippen molar-refractivity contribution in [2.45, 2.75) is 38.3 Å². The Balaban J connectivity index is 2.12. The topological polar surface area (TPSA) is 32.3 Å². The van der Waals surface area contributed by atoms with Gasteiger partial charge in [0.25, 0.3) is 0 Å². The maximum Gasteiger partial charge on any atom is 0.0741 e. The van der Waals surface area contributed by atoms with Gasteiger partial charge >= 0.3 is 0 Å². The van der Waals surface area contributed by atoms with Gasteiger partial charge in [-0.3, -0.25) is 0 Å². The number of hydrogen-bond donors (Lipinski definition) is 2. The van der Waals surface area contributed by atoms with Crippen LogP contribution in [0, 0.1) is 6.92 Å². The van der Waals surface area contributed by atoms with Gasteiger partial charge in [-0.1, -0.05) is 6.07 Å². The third-order valence-corrected chi connectivity index (χ3v) is 3.63. The molecule has 0 unspecified atom stereocenters. The lowest BCUT2D eigenvalue weighted by Crippen LogP contribution is -2.28. The zero-order valence-corrected chi connectivity index (χ0v) is 10.4. The number of aryl methyl sites for hydroxylation is 1. The van der Waals surface area contributed by atoms with E-state index in [0.29, 0.717) is 0 Å². The van der Waals surface area contributed by atoms with Gasteiger partial charge in [-0.05, 0) is 59.8 Å². The monoisotopic (exact) mass is 269 g/mol. The highest BCUT2D eigenvalue weighted by Crippen LogP contribution is 2.28. The van der Waals surface area contributed by atoms with Crippen LogP contribution in [-0.4, -0.2) is 17.3 Å². The van der Waals surface area contributed by atoms with Crippen molar-refractivity contribution in [2.75, 3.05) is 5.32 Å². The molecular weight excluding hydrogens is 254 g/mol. The first kappa shape index (κ1) is 11.0. The summed E-state index contributed by atoms with van der Waals surface area (Å²) < 4.78 is 1.06. The van der Waals surface area contributed by atoms with E-state index in [2.05, 4.69) is 40.3 Å². The molecule has 1 aromatic rings. The van der Waals surface area contributed by atoms with Gasteiger partial charge in [0.2, 0.25) is 0 Å². The van der Waals surface area contributed by atoms with Gasteiger partial charge < -0.3 is 10.4 Å². The molecule has 0 spiro atoms. The number of halogens is 1. The number of benzene rings is 1. The molecule has 15 heavy (non-hydrogen) atoms. The molecule has 1 aliphatic carbocycles. The summed E-state index contributed by atoms with van der Waals surface area (Å²) in [5, 5.41) is 13.1. The fourth-order valence-corrected chi connectivity index (χ4v) is 2.42. The Labute approximate surface area is 98.8 Å². The molecule has 2 rings (SSSR count). The lowest BCUT2D eigenvalue weighted by molar-refractivity contribution is 0.172. The van der Waals surface area contributed by atoms with Crippen LogP contribution in [0.15, 0.2) is 22.7 Å². The summed E-state index contributed by atoms with van der Waals surface area (Å²) in [5.74, 6) is 0. The van der Waals surface area contributed by atoms with Crippen LogP contribution in [0.5, 0.6) is 0 Å². The Bertz CT molecular complexity index is 353. The van der Waals surface area contributed by atoms with Crippen LogP contribution < -0.4 is 5.32 Å². The SMILES string of the molecule is Cc1ccc(Br)c(N[C@H]2CCC[C@@H]2O)c1. The molecule has 0 heterocycles. The molecule has 1 saturated carbocycles. The van der Waals surface area contributed by atoms with E-state index in [1.807, 2.05) is 6.07 Å². The second-order valence-electron chi connectivity index (χ2n) is 4.23. The third kappa shape index (κ3) is 2.52. The fourth-order valence-electron chi connectivity index (χ4n) is 2.06. The molecule has 0 saturated heterocycles. The third-order valence-electron chi connectivity index (χ3n) is 2.94. The molecule has 0 radical (unpaired) electrons. The lowest BCUT2D eigenvalue weighted by atomic mass is 10.1. The molecule has 3 heteroatoms. The maximum atomic E-state index is 9.73. The highest BCUT2D eigenvalue weighted by molar-refractivity contribution is 9.10. The van der Waals surface area contributed by atoms with E-state index in [9.17, 15) is 5.11 Å². The molecule has 1 aliphatic rings. The van der Waals surface area contributed by atoms with Crippen molar-refractivity contribution in [3.63, 3.8) is 0 Å². The first-order chi connectivity index (χ1) is 7.16. The number of aliphatic hydroxyl groups is 1. The van der Waals surface area contributed by atoms with Gasteiger partial charge in [0.15, 0.2) is 0 Å². The Morgan fingerprint density at radius 1 is 1.40 bits per heavy atom. The van der Waals surface area contributed by atoms with Gasteiger partial charge in [0.1, 0.15) is 0 Å². The van der Waals surface area contributed by atoms with Crippen molar-refractivity contribution >= 4 is 21.6 Å². The Kier molecular flexibility index (Phi) is 3.32. The van der Waals surface area contributed by atoms with E-state index in [1.165, 1.54) is 5.56 Å². The van der Waals surface area contributed by atoms with E-state index >= 15 is 0 Å².